The molecule has 14 heavy (non-hydrogen) atoms. The largest absolute Gasteiger partial charge is 0.491 e. The van der Waals surface area contributed by atoms with E-state index in [0.29, 0.717) is 6.61 Å². The third kappa shape index (κ3) is 1.38. The molecule has 1 aromatic rings. The summed E-state index contributed by atoms with van der Waals surface area (Å²) in [6.07, 6.45) is -0.599. The van der Waals surface area contributed by atoms with Gasteiger partial charge in [-0.3, -0.25) is 0 Å². The number of fused-ring (bicyclic) bond motifs is 1. The summed E-state index contributed by atoms with van der Waals surface area (Å²) in [6, 6.07) is 3.60. The minimum Gasteiger partial charge on any atom is -0.491 e. The van der Waals surface area contributed by atoms with Crippen molar-refractivity contribution in [3.63, 3.8) is 0 Å². The zero-order chi connectivity index (χ0) is 10.3. The van der Waals surface area contributed by atoms with Crippen molar-refractivity contribution in [1.29, 1.82) is 0 Å². The predicted molar refractivity (Wildman–Crippen MR) is 54.3 cm³/mol. The molecule has 0 saturated carbocycles. The minimum absolute atomic E-state index is 0.315. The van der Waals surface area contributed by atoms with Gasteiger partial charge in [0.2, 0.25) is 0 Å². The van der Waals surface area contributed by atoms with E-state index in [0.717, 1.165) is 16.9 Å². The summed E-state index contributed by atoms with van der Waals surface area (Å²) in [6.45, 7) is 4.43. The van der Waals surface area contributed by atoms with Gasteiger partial charge < -0.3 is 15.6 Å². The number of benzene rings is 1. The third-order valence-electron chi connectivity index (χ3n) is 2.78. The normalized spacial score (nSPS) is 25.4. The Morgan fingerprint density at radius 3 is 2.71 bits per heavy atom. The molecule has 0 aromatic heterocycles. The number of aryl methyl sites for hydroxylation is 2. The van der Waals surface area contributed by atoms with E-state index in [-0.39, 0.29) is 6.04 Å². The highest BCUT2D eigenvalue weighted by Gasteiger charge is 2.26. The van der Waals surface area contributed by atoms with Gasteiger partial charge in [0, 0.05) is 5.56 Å². The fraction of sp³-hybridized carbons (Fsp3) is 0.455. The molecule has 0 radical (unpaired) electrons. The van der Waals surface area contributed by atoms with Crippen molar-refractivity contribution < 1.29 is 9.84 Å². The molecule has 0 spiro atoms. The molecule has 0 amide bonds. The zero-order valence-corrected chi connectivity index (χ0v) is 8.45. The Labute approximate surface area is 83.5 Å². The summed E-state index contributed by atoms with van der Waals surface area (Å²) in [7, 11) is 0. The molecule has 0 fully saturated rings. The maximum absolute atomic E-state index is 9.84. The Balaban J connectivity index is 2.50. The molecule has 1 aliphatic heterocycles. The average molecular weight is 193 g/mol. The predicted octanol–water partition coefficient (Wildman–Crippen LogP) is 1.06. The molecule has 0 aliphatic carbocycles. The number of nitrogens with two attached hydrogens (primary N) is 1. The van der Waals surface area contributed by atoms with Crippen LogP contribution in [0.1, 0.15) is 22.8 Å². The monoisotopic (exact) mass is 193 g/mol. The van der Waals surface area contributed by atoms with Crippen LogP contribution in [-0.2, 0) is 0 Å². The van der Waals surface area contributed by atoms with Gasteiger partial charge in [0.05, 0.1) is 6.04 Å². The number of aliphatic hydroxyl groups is 1. The van der Waals surface area contributed by atoms with Crippen LogP contribution < -0.4 is 10.5 Å². The molecule has 1 aromatic carbocycles. The Kier molecular flexibility index (Phi) is 2.21. The second kappa shape index (κ2) is 3.26. The number of hydrogen-bond donors (Lipinski definition) is 2. The van der Waals surface area contributed by atoms with Crippen LogP contribution in [0.25, 0.3) is 0 Å². The summed E-state index contributed by atoms with van der Waals surface area (Å²) in [5, 5.41) is 9.84. The molecule has 0 saturated heterocycles. The van der Waals surface area contributed by atoms with Gasteiger partial charge in [0.25, 0.3) is 0 Å². The van der Waals surface area contributed by atoms with Gasteiger partial charge in [0.15, 0.2) is 0 Å². The van der Waals surface area contributed by atoms with Crippen molar-refractivity contribution in [1.82, 2.24) is 0 Å². The van der Waals surface area contributed by atoms with Crippen LogP contribution in [0.2, 0.25) is 0 Å². The molecule has 3 N–H and O–H groups in total. The summed E-state index contributed by atoms with van der Waals surface area (Å²) < 4.78 is 5.46. The average Bonchev–Trinajstić information content (AvgIpc) is 2.15. The van der Waals surface area contributed by atoms with Gasteiger partial charge in [-0.15, -0.1) is 0 Å². The van der Waals surface area contributed by atoms with Crippen LogP contribution in [0, 0.1) is 13.8 Å². The van der Waals surface area contributed by atoms with Crippen molar-refractivity contribution in [3.8, 4) is 5.75 Å². The maximum Gasteiger partial charge on any atom is 0.125 e. The van der Waals surface area contributed by atoms with Crippen LogP contribution >= 0.6 is 0 Å². The number of rotatable bonds is 0. The van der Waals surface area contributed by atoms with Crippen molar-refractivity contribution in [2.24, 2.45) is 5.73 Å². The second-order valence-corrected chi connectivity index (χ2v) is 3.89. The van der Waals surface area contributed by atoms with E-state index in [1.165, 1.54) is 5.56 Å². The third-order valence-corrected chi connectivity index (χ3v) is 2.78. The Morgan fingerprint density at radius 2 is 2.00 bits per heavy atom. The van der Waals surface area contributed by atoms with Crippen molar-refractivity contribution in [2.45, 2.75) is 26.0 Å². The molecule has 76 valence electrons. The van der Waals surface area contributed by atoms with Crippen LogP contribution in [0.3, 0.4) is 0 Å². The number of ether oxygens (including phenoxy) is 1. The van der Waals surface area contributed by atoms with E-state index in [1.807, 2.05) is 26.0 Å². The van der Waals surface area contributed by atoms with Gasteiger partial charge in [-0.25, -0.2) is 0 Å². The van der Waals surface area contributed by atoms with Gasteiger partial charge >= 0.3 is 0 Å². The summed E-state index contributed by atoms with van der Waals surface area (Å²) in [5.74, 6) is 0.766. The van der Waals surface area contributed by atoms with Crippen LogP contribution in [0.4, 0.5) is 0 Å². The van der Waals surface area contributed by atoms with E-state index in [4.69, 9.17) is 10.5 Å². The zero-order valence-electron chi connectivity index (χ0n) is 8.45. The first-order valence-corrected chi connectivity index (χ1v) is 4.77. The molecule has 3 heteroatoms. The van der Waals surface area contributed by atoms with E-state index < -0.39 is 6.10 Å². The van der Waals surface area contributed by atoms with Crippen molar-refractivity contribution in [3.05, 3.63) is 28.8 Å². The Hall–Kier alpha value is -1.06. The van der Waals surface area contributed by atoms with Crippen LogP contribution in [-0.4, -0.2) is 17.8 Å². The molecule has 3 nitrogen and oxygen atoms in total. The molecule has 0 bridgehead atoms. The SMILES string of the molecule is Cc1cc2c(cc1C)[C@H](O)[C@H](N)CO2. The molecular weight excluding hydrogens is 178 g/mol. The van der Waals surface area contributed by atoms with E-state index in [2.05, 4.69) is 0 Å². The minimum atomic E-state index is -0.599. The lowest BCUT2D eigenvalue weighted by Crippen LogP contribution is -2.38. The summed E-state index contributed by atoms with van der Waals surface area (Å²) >= 11 is 0. The highest BCUT2D eigenvalue weighted by Crippen LogP contribution is 2.33. The van der Waals surface area contributed by atoms with Gasteiger partial charge in [-0.05, 0) is 37.1 Å². The molecule has 0 unspecified atom stereocenters. The smallest absolute Gasteiger partial charge is 0.125 e. The van der Waals surface area contributed by atoms with E-state index in [9.17, 15) is 5.11 Å². The molecule has 2 atom stereocenters. The van der Waals surface area contributed by atoms with Gasteiger partial charge in [-0.1, -0.05) is 0 Å². The standard InChI is InChI=1S/C11H15NO2/c1-6-3-8-10(4-7(6)2)14-5-9(12)11(8)13/h3-4,9,11,13H,5,12H2,1-2H3/t9-,11+/m1/s1. The quantitative estimate of drug-likeness (QED) is 0.647. The van der Waals surface area contributed by atoms with Crippen LogP contribution in [0.5, 0.6) is 5.75 Å². The molecular formula is C11H15NO2. The van der Waals surface area contributed by atoms with Crippen molar-refractivity contribution in [2.75, 3.05) is 6.61 Å². The molecule has 1 heterocycles. The lowest BCUT2D eigenvalue weighted by Gasteiger charge is -2.28. The summed E-state index contributed by atoms with van der Waals surface area (Å²) in [4.78, 5) is 0. The Morgan fingerprint density at radius 1 is 1.36 bits per heavy atom. The fourth-order valence-corrected chi connectivity index (χ4v) is 1.68. The lowest BCUT2D eigenvalue weighted by atomic mass is 9.96. The molecule has 1 aliphatic rings. The van der Waals surface area contributed by atoms with Gasteiger partial charge in [-0.2, -0.15) is 0 Å². The van der Waals surface area contributed by atoms with E-state index in [1.54, 1.807) is 0 Å². The van der Waals surface area contributed by atoms with Crippen molar-refractivity contribution >= 4 is 0 Å². The first kappa shape index (κ1) is 9.49. The van der Waals surface area contributed by atoms with E-state index >= 15 is 0 Å². The number of hydrogen-bond acceptors (Lipinski definition) is 3. The highest BCUT2D eigenvalue weighted by molar-refractivity contribution is 5.44. The lowest BCUT2D eigenvalue weighted by molar-refractivity contribution is 0.0914. The second-order valence-electron chi connectivity index (χ2n) is 3.89. The maximum atomic E-state index is 9.84. The number of aliphatic hydroxyl groups excluding tert-OH is 1. The van der Waals surface area contributed by atoms with Crippen LogP contribution in [0.15, 0.2) is 12.1 Å². The topological polar surface area (TPSA) is 55.5 Å². The summed E-state index contributed by atoms with van der Waals surface area (Å²) in [5.41, 5.74) is 8.84. The Bertz CT molecular complexity index is 363. The first-order chi connectivity index (χ1) is 6.59. The molecule has 2 rings (SSSR count). The fourth-order valence-electron chi connectivity index (χ4n) is 1.68. The van der Waals surface area contributed by atoms with Gasteiger partial charge in [0.1, 0.15) is 18.5 Å². The highest BCUT2D eigenvalue weighted by atomic mass is 16.5. The first-order valence-electron chi connectivity index (χ1n) is 4.77.